The molecular weight excluding hydrogens is 295 g/mol. The van der Waals surface area contributed by atoms with Crippen LogP contribution in [0.5, 0.6) is 0 Å². The zero-order valence-electron chi connectivity index (χ0n) is 8.94. The maximum atomic E-state index is 6.00. The van der Waals surface area contributed by atoms with Gasteiger partial charge in [0.05, 0.1) is 16.3 Å². The third-order valence-corrected chi connectivity index (χ3v) is 3.04. The van der Waals surface area contributed by atoms with Gasteiger partial charge in [-0.3, -0.25) is 5.43 Å². The van der Waals surface area contributed by atoms with Gasteiger partial charge < -0.3 is 0 Å². The molecule has 0 saturated heterocycles. The molecule has 1 heterocycles. The maximum Gasteiger partial charge on any atom is 0.151 e. The van der Waals surface area contributed by atoms with Crippen molar-refractivity contribution in [2.24, 2.45) is 5.10 Å². The van der Waals surface area contributed by atoms with Crippen LogP contribution < -0.4 is 5.43 Å². The molecule has 1 aromatic heterocycles. The average molecular weight is 302 g/mol. The van der Waals surface area contributed by atoms with Crippen molar-refractivity contribution in [3.05, 3.63) is 51.4 Å². The largest absolute Gasteiger partial charge is 0.261 e. The normalized spacial score (nSPS) is 10.8. The molecule has 0 saturated carbocycles. The lowest BCUT2D eigenvalue weighted by molar-refractivity contribution is 1.14. The zero-order chi connectivity index (χ0) is 13.0. The summed E-state index contributed by atoms with van der Waals surface area (Å²) in [5.41, 5.74) is 3.42. The quantitative estimate of drug-likeness (QED) is 0.532. The minimum absolute atomic E-state index is 0.337. The summed E-state index contributed by atoms with van der Waals surface area (Å²) in [4.78, 5) is 7.69. The molecule has 0 aliphatic heterocycles. The van der Waals surface area contributed by atoms with Crippen molar-refractivity contribution >= 4 is 46.8 Å². The Balaban J connectivity index is 2.10. The Bertz CT molecular complexity index is 586. The highest BCUT2D eigenvalue weighted by atomic mass is 35.5. The van der Waals surface area contributed by atoms with Crippen LogP contribution in [-0.2, 0) is 0 Å². The van der Waals surface area contributed by atoms with E-state index in [9.17, 15) is 0 Å². The fraction of sp³-hybridized carbons (Fsp3) is 0. The first-order chi connectivity index (χ1) is 8.66. The number of benzene rings is 1. The molecule has 0 atom stereocenters. The first-order valence-corrected chi connectivity index (χ1v) is 6.01. The van der Waals surface area contributed by atoms with Gasteiger partial charge in [0.25, 0.3) is 0 Å². The molecule has 0 fully saturated rings. The summed E-state index contributed by atoms with van der Waals surface area (Å²) in [6.07, 6.45) is 2.89. The topological polar surface area (TPSA) is 50.2 Å². The number of aromatic nitrogens is 2. The number of hydrazone groups is 1. The van der Waals surface area contributed by atoms with Crippen LogP contribution in [0.15, 0.2) is 35.7 Å². The zero-order valence-corrected chi connectivity index (χ0v) is 11.2. The van der Waals surface area contributed by atoms with Crippen LogP contribution in [0.2, 0.25) is 15.2 Å². The van der Waals surface area contributed by atoms with Crippen molar-refractivity contribution < 1.29 is 0 Å². The van der Waals surface area contributed by atoms with Gasteiger partial charge >= 0.3 is 0 Å². The van der Waals surface area contributed by atoms with E-state index in [2.05, 4.69) is 20.5 Å². The predicted molar refractivity (Wildman–Crippen MR) is 74.7 cm³/mol. The van der Waals surface area contributed by atoms with Gasteiger partial charge in [-0.15, -0.1) is 0 Å². The first kappa shape index (κ1) is 13.1. The van der Waals surface area contributed by atoms with Gasteiger partial charge in [-0.05, 0) is 6.07 Å². The molecule has 0 spiro atoms. The van der Waals surface area contributed by atoms with E-state index in [1.807, 2.05) is 0 Å². The van der Waals surface area contributed by atoms with E-state index < -0.39 is 0 Å². The summed E-state index contributed by atoms with van der Waals surface area (Å²) < 4.78 is 0. The Morgan fingerprint density at radius 2 is 2.00 bits per heavy atom. The molecule has 1 N–H and O–H groups in total. The molecule has 7 heteroatoms. The molecule has 2 rings (SSSR count). The molecule has 0 aliphatic rings. The number of nitrogens with zero attached hydrogens (tertiary/aromatic N) is 3. The van der Waals surface area contributed by atoms with Crippen molar-refractivity contribution in [1.82, 2.24) is 9.97 Å². The molecule has 1 aromatic carbocycles. The molecule has 18 heavy (non-hydrogen) atoms. The highest BCUT2D eigenvalue weighted by molar-refractivity contribution is 6.43. The van der Waals surface area contributed by atoms with Crippen LogP contribution in [0.4, 0.5) is 5.82 Å². The Hall–Kier alpha value is -1.36. The molecule has 92 valence electrons. The monoisotopic (exact) mass is 300 g/mol. The number of anilines is 1. The van der Waals surface area contributed by atoms with Crippen LogP contribution in [0.25, 0.3) is 0 Å². The van der Waals surface area contributed by atoms with Gasteiger partial charge in [0.1, 0.15) is 11.5 Å². The molecular formula is C11H7Cl3N4. The van der Waals surface area contributed by atoms with E-state index in [4.69, 9.17) is 34.8 Å². The predicted octanol–water partition coefficient (Wildman–Crippen LogP) is 3.88. The second-order valence-electron chi connectivity index (χ2n) is 3.24. The lowest BCUT2D eigenvalue weighted by Crippen LogP contribution is -1.94. The highest BCUT2D eigenvalue weighted by Crippen LogP contribution is 2.24. The Morgan fingerprint density at radius 3 is 2.78 bits per heavy atom. The smallest absolute Gasteiger partial charge is 0.151 e. The van der Waals surface area contributed by atoms with Crippen molar-refractivity contribution in [2.75, 3.05) is 5.43 Å². The average Bonchev–Trinajstić information content (AvgIpc) is 2.35. The summed E-state index contributed by atoms with van der Waals surface area (Å²) in [6.45, 7) is 0. The second-order valence-corrected chi connectivity index (χ2v) is 4.41. The fourth-order valence-electron chi connectivity index (χ4n) is 1.18. The van der Waals surface area contributed by atoms with Crippen LogP contribution >= 0.6 is 34.8 Å². The van der Waals surface area contributed by atoms with Crippen LogP contribution in [0, 0.1) is 0 Å². The third-order valence-electron chi connectivity index (χ3n) is 2.00. The number of hydrogen-bond acceptors (Lipinski definition) is 4. The molecule has 4 nitrogen and oxygen atoms in total. The Kier molecular flexibility index (Phi) is 4.36. The van der Waals surface area contributed by atoms with Gasteiger partial charge in [0.15, 0.2) is 5.82 Å². The van der Waals surface area contributed by atoms with Crippen LogP contribution in [0.3, 0.4) is 0 Å². The van der Waals surface area contributed by atoms with Gasteiger partial charge in [-0.1, -0.05) is 46.9 Å². The third kappa shape index (κ3) is 3.32. The molecule has 0 unspecified atom stereocenters. The Morgan fingerprint density at radius 1 is 1.17 bits per heavy atom. The summed E-state index contributed by atoms with van der Waals surface area (Å²) >= 11 is 17.6. The molecule has 0 radical (unpaired) electrons. The SMILES string of the molecule is Clc1cc(N/N=C/c2cccc(Cl)c2Cl)ncn1. The number of nitrogens with one attached hydrogen (secondary N) is 1. The van der Waals surface area contributed by atoms with E-state index in [0.717, 1.165) is 0 Å². The summed E-state index contributed by atoms with van der Waals surface area (Å²) in [7, 11) is 0. The lowest BCUT2D eigenvalue weighted by Gasteiger charge is -2.01. The highest BCUT2D eigenvalue weighted by Gasteiger charge is 2.01. The van der Waals surface area contributed by atoms with Gasteiger partial charge in [-0.2, -0.15) is 5.10 Å². The van der Waals surface area contributed by atoms with E-state index in [0.29, 0.717) is 26.6 Å². The Labute approximate surface area is 119 Å². The van der Waals surface area contributed by atoms with E-state index >= 15 is 0 Å². The summed E-state index contributed by atoms with van der Waals surface area (Å²) in [6, 6.07) is 6.85. The van der Waals surface area contributed by atoms with Crippen LogP contribution in [-0.4, -0.2) is 16.2 Å². The molecule has 2 aromatic rings. The van der Waals surface area contributed by atoms with Crippen molar-refractivity contribution in [3.63, 3.8) is 0 Å². The fourth-order valence-corrected chi connectivity index (χ4v) is 1.69. The van der Waals surface area contributed by atoms with E-state index in [1.54, 1.807) is 30.5 Å². The van der Waals surface area contributed by atoms with Crippen LogP contribution in [0.1, 0.15) is 5.56 Å². The van der Waals surface area contributed by atoms with Crippen molar-refractivity contribution in [2.45, 2.75) is 0 Å². The van der Waals surface area contributed by atoms with Crippen molar-refractivity contribution in [1.29, 1.82) is 0 Å². The molecule has 0 amide bonds. The second kappa shape index (κ2) is 6.00. The van der Waals surface area contributed by atoms with Gasteiger partial charge in [0.2, 0.25) is 0 Å². The van der Waals surface area contributed by atoms with Gasteiger partial charge in [0, 0.05) is 11.6 Å². The van der Waals surface area contributed by atoms with Crippen molar-refractivity contribution in [3.8, 4) is 0 Å². The summed E-state index contributed by atoms with van der Waals surface area (Å²) in [5, 5.41) is 5.25. The standard InChI is InChI=1S/C11H7Cl3N4/c12-8-3-1-2-7(11(8)14)5-17-18-10-4-9(13)15-6-16-10/h1-6H,(H,15,16,18)/b17-5+. The molecule has 0 bridgehead atoms. The lowest BCUT2D eigenvalue weighted by atomic mass is 10.2. The number of rotatable bonds is 3. The minimum atomic E-state index is 0.337. The minimum Gasteiger partial charge on any atom is -0.261 e. The number of halogens is 3. The first-order valence-electron chi connectivity index (χ1n) is 4.87. The molecule has 0 aliphatic carbocycles. The number of hydrogen-bond donors (Lipinski definition) is 1. The van der Waals surface area contributed by atoms with Gasteiger partial charge in [-0.25, -0.2) is 9.97 Å². The van der Waals surface area contributed by atoms with E-state index in [1.165, 1.54) is 6.33 Å². The summed E-state index contributed by atoms with van der Waals surface area (Å²) in [5.74, 6) is 0.490. The van der Waals surface area contributed by atoms with E-state index in [-0.39, 0.29) is 0 Å². The maximum absolute atomic E-state index is 6.00.